The zero-order valence-electron chi connectivity index (χ0n) is 27.7. The number of carbonyl (C=O) groups excluding carboxylic acids is 6. The summed E-state index contributed by atoms with van der Waals surface area (Å²) < 4.78 is 5.38. The van der Waals surface area contributed by atoms with Gasteiger partial charge in [0.1, 0.15) is 23.7 Å². The first-order valence-electron chi connectivity index (χ1n) is 15.1. The molecule has 1 aliphatic heterocycles. The van der Waals surface area contributed by atoms with Crippen molar-refractivity contribution in [1.82, 2.24) is 26.2 Å². The number of nitrogens with zero attached hydrogens (tertiary/aromatic N) is 1. The van der Waals surface area contributed by atoms with Crippen LogP contribution < -0.4 is 21.3 Å². The van der Waals surface area contributed by atoms with Gasteiger partial charge in [0.15, 0.2) is 0 Å². The van der Waals surface area contributed by atoms with Crippen LogP contribution in [0.3, 0.4) is 0 Å². The number of carbonyl (C=O) groups is 6. The van der Waals surface area contributed by atoms with E-state index in [1.54, 1.807) is 41.5 Å². The topological polar surface area (TPSA) is 163 Å². The molecule has 0 aliphatic carbocycles. The number of hydrogen-bond donors (Lipinski definition) is 4. The fourth-order valence-electron chi connectivity index (χ4n) is 4.91. The molecular weight excluding hydrogens is 578 g/mol. The van der Waals surface area contributed by atoms with Gasteiger partial charge in [-0.1, -0.05) is 71.0 Å². The van der Waals surface area contributed by atoms with E-state index < -0.39 is 76.6 Å². The number of Topliss-reactive ketones (excluding diaryl/α,β-unsaturated/α-hetero) is 1. The molecule has 1 fully saturated rings. The summed E-state index contributed by atoms with van der Waals surface area (Å²) in [5.74, 6) is -3.56. The first-order valence-corrected chi connectivity index (χ1v) is 15.1. The van der Waals surface area contributed by atoms with Gasteiger partial charge in [0, 0.05) is 13.1 Å². The van der Waals surface area contributed by atoms with Gasteiger partial charge < -0.3 is 30.9 Å². The quantitative estimate of drug-likeness (QED) is 0.204. The molecule has 1 unspecified atom stereocenters. The van der Waals surface area contributed by atoms with Crippen molar-refractivity contribution >= 4 is 35.5 Å². The molecule has 1 aromatic rings. The second-order valence-corrected chi connectivity index (χ2v) is 14.2. The van der Waals surface area contributed by atoms with Gasteiger partial charge in [0.05, 0.1) is 6.54 Å². The molecule has 0 bridgehead atoms. The highest BCUT2D eigenvalue weighted by Gasteiger charge is 2.48. The van der Waals surface area contributed by atoms with Crippen molar-refractivity contribution in [2.24, 2.45) is 10.8 Å². The monoisotopic (exact) mass is 627 g/mol. The Hall–Kier alpha value is -4.22. The summed E-state index contributed by atoms with van der Waals surface area (Å²) in [6.45, 7) is 18.0. The average Bonchev–Trinajstić information content (AvgIpc) is 3.27. The third-order valence-electron chi connectivity index (χ3n) is 7.08. The molecule has 0 aromatic heterocycles. The number of likely N-dealkylation sites (tertiary alicyclic amines) is 1. The lowest BCUT2D eigenvalue weighted by Crippen LogP contribution is -2.59. The molecule has 2 rings (SSSR count). The maximum Gasteiger partial charge on any atom is 0.408 e. The predicted molar refractivity (Wildman–Crippen MR) is 170 cm³/mol. The molecular formula is C33H49N5O7. The lowest BCUT2D eigenvalue weighted by Gasteiger charge is -2.36. The van der Waals surface area contributed by atoms with E-state index in [0.717, 1.165) is 5.56 Å². The van der Waals surface area contributed by atoms with Gasteiger partial charge >= 0.3 is 6.09 Å². The Morgan fingerprint density at radius 1 is 1.00 bits per heavy atom. The van der Waals surface area contributed by atoms with Gasteiger partial charge in [-0.3, -0.25) is 24.0 Å². The first kappa shape index (κ1) is 37.0. The van der Waals surface area contributed by atoms with Crippen LogP contribution in [-0.2, 0) is 35.3 Å². The van der Waals surface area contributed by atoms with Gasteiger partial charge in [-0.2, -0.15) is 0 Å². The summed E-state index contributed by atoms with van der Waals surface area (Å²) in [6.07, 6.45) is 0.876. The van der Waals surface area contributed by atoms with E-state index >= 15 is 0 Å². The molecule has 248 valence electrons. The molecule has 0 radical (unpaired) electrons. The van der Waals surface area contributed by atoms with Gasteiger partial charge in [-0.05, 0) is 50.0 Å². The van der Waals surface area contributed by atoms with E-state index in [9.17, 15) is 28.8 Å². The third kappa shape index (κ3) is 11.7. The fraction of sp³-hybridized carbons (Fsp3) is 0.576. The normalized spacial score (nSPS) is 17.3. The number of ether oxygens (including phenoxy) is 1. The van der Waals surface area contributed by atoms with Crippen LogP contribution in [0, 0.1) is 10.8 Å². The molecule has 0 spiro atoms. The average molecular weight is 628 g/mol. The highest BCUT2D eigenvalue weighted by molar-refractivity contribution is 6.38. The van der Waals surface area contributed by atoms with Crippen LogP contribution in [0.4, 0.5) is 4.79 Å². The molecule has 0 saturated carbocycles. The fourth-order valence-corrected chi connectivity index (χ4v) is 4.91. The lowest BCUT2D eigenvalue weighted by atomic mass is 9.85. The minimum atomic E-state index is -1.26. The van der Waals surface area contributed by atoms with E-state index in [4.69, 9.17) is 4.74 Å². The molecule has 4 N–H and O–H groups in total. The predicted octanol–water partition coefficient (Wildman–Crippen LogP) is 2.62. The molecule has 12 heteroatoms. The van der Waals surface area contributed by atoms with Crippen LogP contribution in [0.25, 0.3) is 0 Å². The molecule has 12 nitrogen and oxygen atoms in total. The largest absolute Gasteiger partial charge is 0.444 e. The maximum absolute atomic E-state index is 13.9. The van der Waals surface area contributed by atoms with E-state index in [0.29, 0.717) is 0 Å². The molecule has 1 aromatic carbocycles. The molecule has 1 saturated heterocycles. The number of ketones is 1. The number of alkyl carbamates (subject to hydrolysis) is 1. The smallest absolute Gasteiger partial charge is 0.408 e. The zero-order valence-corrected chi connectivity index (χ0v) is 27.7. The van der Waals surface area contributed by atoms with Gasteiger partial charge in [0.25, 0.3) is 5.91 Å². The number of amides is 5. The number of hydrogen-bond acceptors (Lipinski definition) is 7. The van der Waals surface area contributed by atoms with Crippen LogP contribution in [-0.4, -0.2) is 77.2 Å². The van der Waals surface area contributed by atoms with Crippen LogP contribution >= 0.6 is 0 Å². The standard InChI is InChI=1S/C33H49N5O7/c1-10-14-22(25(40)28(42)35-19-24(39)34-18-21-15-12-11-13-16-21)36-27(41)23-17-33(8,9)20-38(23)29(43)26(31(2,3)4)37-30(44)45-32(5,6)7/h10-13,15-16,22-23,26H,1,14,17-20H2,2-9H3,(H,34,39)(H,35,42)(H,36,41)(H,37,44)/t22?,23-,26+/m0/s1. The number of nitrogens with one attached hydrogen (secondary N) is 4. The highest BCUT2D eigenvalue weighted by atomic mass is 16.6. The summed E-state index contributed by atoms with van der Waals surface area (Å²) in [6, 6.07) is 5.96. The van der Waals surface area contributed by atoms with Crippen molar-refractivity contribution in [2.45, 2.75) is 98.5 Å². The van der Waals surface area contributed by atoms with Crippen molar-refractivity contribution in [3.05, 3.63) is 48.6 Å². The van der Waals surface area contributed by atoms with Crippen LogP contribution in [0.5, 0.6) is 0 Å². The van der Waals surface area contributed by atoms with E-state index in [-0.39, 0.29) is 25.9 Å². The second-order valence-electron chi connectivity index (χ2n) is 14.2. The molecule has 1 aliphatic rings. The summed E-state index contributed by atoms with van der Waals surface area (Å²) in [5.41, 5.74) is -1.08. The lowest BCUT2D eigenvalue weighted by molar-refractivity contribution is -0.144. The van der Waals surface area contributed by atoms with Crippen molar-refractivity contribution in [3.63, 3.8) is 0 Å². The highest BCUT2D eigenvalue weighted by Crippen LogP contribution is 2.36. The van der Waals surface area contributed by atoms with Crippen LogP contribution in [0.2, 0.25) is 0 Å². The number of benzene rings is 1. The molecule has 5 amide bonds. The summed E-state index contributed by atoms with van der Waals surface area (Å²) in [5, 5.41) is 10.3. The van der Waals surface area contributed by atoms with Crippen LogP contribution in [0.15, 0.2) is 43.0 Å². The minimum absolute atomic E-state index is 0.0485. The first-order chi connectivity index (χ1) is 20.7. The Bertz CT molecular complexity index is 1260. The Balaban J connectivity index is 2.13. The van der Waals surface area contributed by atoms with Gasteiger partial charge in [0.2, 0.25) is 23.5 Å². The summed E-state index contributed by atoms with van der Waals surface area (Å²) in [4.78, 5) is 79.5. The van der Waals surface area contributed by atoms with Crippen molar-refractivity contribution in [2.75, 3.05) is 13.1 Å². The minimum Gasteiger partial charge on any atom is -0.444 e. The SMILES string of the molecule is C=CCC(NC(=O)[C@@H]1CC(C)(C)CN1C(=O)[C@@H](NC(=O)OC(C)(C)C)C(C)(C)C)C(=O)C(=O)NCC(=O)NCc1ccccc1. The van der Waals surface area contributed by atoms with Crippen LogP contribution in [0.1, 0.15) is 73.8 Å². The Kier molecular flexibility index (Phi) is 12.5. The van der Waals surface area contributed by atoms with E-state index in [2.05, 4.69) is 27.8 Å². The third-order valence-corrected chi connectivity index (χ3v) is 7.08. The zero-order chi connectivity index (χ0) is 34.2. The Labute approximate surface area is 266 Å². The second kappa shape index (κ2) is 15.2. The van der Waals surface area contributed by atoms with E-state index in [1.807, 2.05) is 44.2 Å². The molecule has 3 atom stereocenters. The molecule has 45 heavy (non-hydrogen) atoms. The maximum atomic E-state index is 13.9. The van der Waals surface area contributed by atoms with Crippen molar-refractivity contribution in [3.8, 4) is 0 Å². The van der Waals surface area contributed by atoms with Gasteiger partial charge in [-0.25, -0.2) is 4.79 Å². The Morgan fingerprint density at radius 2 is 1.62 bits per heavy atom. The van der Waals surface area contributed by atoms with Crippen molar-refractivity contribution in [1.29, 1.82) is 0 Å². The summed E-state index contributed by atoms with van der Waals surface area (Å²) in [7, 11) is 0. The van der Waals surface area contributed by atoms with E-state index in [1.165, 1.54) is 11.0 Å². The van der Waals surface area contributed by atoms with Gasteiger partial charge in [-0.15, -0.1) is 6.58 Å². The summed E-state index contributed by atoms with van der Waals surface area (Å²) >= 11 is 0. The number of rotatable bonds is 12. The Morgan fingerprint density at radius 3 is 2.18 bits per heavy atom. The van der Waals surface area contributed by atoms with Crippen molar-refractivity contribution < 1.29 is 33.5 Å². The molecule has 1 heterocycles.